The van der Waals surface area contributed by atoms with Crippen molar-refractivity contribution in [3.8, 4) is 0 Å². The lowest BCUT2D eigenvalue weighted by Gasteiger charge is -2.04. The van der Waals surface area contributed by atoms with E-state index in [1.54, 1.807) is 18.0 Å². The number of rotatable bonds is 7. The SMILES string of the molecule is COCc1nsc(NC(=O)COCc2ccnn2C)n1. The van der Waals surface area contributed by atoms with Crippen LogP contribution in [-0.2, 0) is 34.5 Å². The van der Waals surface area contributed by atoms with Crippen molar-refractivity contribution in [2.24, 2.45) is 7.05 Å². The van der Waals surface area contributed by atoms with E-state index in [0.29, 0.717) is 24.2 Å². The molecule has 0 aliphatic rings. The number of hydrogen-bond acceptors (Lipinski definition) is 7. The molecule has 0 saturated carbocycles. The van der Waals surface area contributed by atoms with Gasteiger partial charge in [-0.25, -0.2) is 4.98 Å². The van der Waals surface area contributed by atoms with Crippen molar-refractivity contribution in [2.45, 2.75) is 13.2 Å². The highest BCUT2D eigenvalue weighted by Gasteiger charge is 2.08. The van der Waals surface area contributed by atoms with E-state index in [4.69, 9.17) is 9.47 Å². The predicted octanol–water partition coefficient (Wildman–Crippen LogP) is 0.573. The first-order valence-electron chi connectivity index (χ1n) is 5.85. The number of nitrogens with one attached hydrogen (secondary N) is 1. The fourth-order valence-electron chi connectivity index (χ4n) is 1.44. The third-order valence-corrected chi connectivity index (χ3v) is 3.06. The molecule has 0 aliphatic heterocycles. The summed E-state index contributed by atoms with van der Waals surface area (Å²) < 4.78 is 15.9. The lowest BCUT2D eigenvalue weighted by Crippen LogP contribution is -2.18. The van der Waals surface area contributed by atoms with Crippen molar-refractivity contribution in [1.82, 2.24) is 19.1 Å². The van der Waals surface area contributed by atoms with Crippen LogP contribution in [0.5, 0.6) is 0 Å². The Morgan fingerprint density at radius 3 is 3.05 bits per heavy atom. The molecule has 108 valence electrons. The molecule has 0 atom stereocenters. The number of nitrogens with zero attached hydrogens (tertiary/aromatic N) is 4. The van der Waals surface area contributed by atoms with Gasteiger partial charge < -0.3 is 9.47 Å². The summed E-state index contributed by atoms with van der Waals surface area (Å²) in [6.45, 7) is 0.600. The Morgan fingerprint density at radius 2 is 2.35 bits per heavy atom. The van der Waals surface area contributed by atoms with Crippen molar-refractivity contribution in [1.29, 1.82) is 0 Å². The van der Waals surface area contributed by atoms with Crippen molar-refractivity contribution >= 4 is 22.6 Å². The Kier molecular flexibility index (Phi) is 5.16. The van der Waals surface area contributed by atoms with E-state index in [2.05, 4.69) is 19.8 Å². The summed E-state index contributed by atoms with van der Waals surface area (Å²) in [4.78, 5) is 15.7. The molecule has 0 aromatic carbocycles. The molecule has 2 aromatic heterocycles. The standard InChI is InChI=1S/C11H15N5O3S/c1-16-8(3-4-12-16)5-19-7-10(17)14-11-13-9(6-18-2)15-20-11/h3-4H,5-7H2,1-2H3,(H,13,14,15,17). The number of amides is 1. The van der Waals surface area contributed by atoms with Gasteiger partial charge in [-0.1, -0.05) is 0 Å². The Balaban J connectivity index is 1.73. The summed E-state index contributed by atoms with van der Waals surface area (Å²) in [5.74, 6) is 0.274. The molecular weight excluding hydrogens is 282 g/mol. The molecule has 1 amide bonds. The molecule has 0 bridgehead atoms. The molecule has 8 nitrogen and oxygen atoms in total. The van der Waals surface area contributed by atoms with Crippen molar-refractivity contribution < 1.29 is 14.3 Å². The third-order valence-electron chi connectivity index (χ3n) is 2.39. The molecule has 20 heavy (non-hydrogen) atoms. The van der Waals surface area contributed by atoms with Crippen molar-refractivity contribution in [3.63, 3.8) is 0 Å². The van der Waals surface area contributed by atoms with Crippen LogP contribution in [0.1, 0.15) is 11.5 Å². The number of carbonyl (C=O) groups is 1. The van der Waals surface area contributed by atoms with Gasteiger partial charge in [0.25, 0.3) is 5.91 Å². The maximum atomic E-state index is 11.6. The summed E-state index contributed by atoms with van der Waals surface area (Å²) in [6.07, 6.45) is 1.68. The molecule has 0 radical (unpaired) electrons. The number of aromatic nitrogens is 4. The van der Waals surface area contributed by atoms with Gasteiger partial charge in [0, 0.05) is 31.9 Å². The Bertz CT molecular complexity index is 568. The van der Waals surface area contributed by atoms with Crippen LogP contribution < -0.4 is 5.32 Å². The fraction of sp³-hybridized carbons (Fsp3) is 0.455. The number of aryl methyl sites for hydroxylation is 1. The topological polar surface area (TPSA) is 91.2 Å². The summed E-state index contributed by atoms with van der Waals surface area (Å²) >= 11 is 1.11. The predicted molar refractivity (Wildman–Crippen MR) is 72.1 cm³/mol. The van der Waals surface area contributed by atoms with E-state index >= 15 is 0 Å². The van der Waals surface area contributed by atoms with Gasteiger partial charge in [0.15, 0.2) is 5.82 Å². The van der Waals surface area contributed by atoms with Gasteiger partial charge in [0.05, 0.1) is 12.3 Å². The normalized spacial score (nSPS) is 10.7. The molecule has 0 aliphatic carbocycles. The second kappa shape index (κ2) is 7.08. The molecule has 0 unspecified atom stereocenters. The van der Waals surface area contributed by atoms with E-state index in [1.165, 1.54) is 0 Å². The number of methoxy groups -OCH3 is 1. The second-order valence-corrected chi connectivity index (χ2v) is 4.69. The highest BCUT2D eigenvalue weighted by atomic mass is 32.1. The van der Waals surface area contributed by atoms with Crippen LogP contribution in [0, 0.1) is 0 Å². The van der Waals surface area contributed by atoms with Gasteiger partial charge >= 0.3 is 0 Å². The lowest BCUT2D eigenvalue weighted by atomic mass is 10.4. The molecule has 0 saturated heterocycles. The first-order chi connectivity index (χ1) is 9.69. The number of anilines is 1. The summed E-state index contributed by atoms with van der Waals surface area (Å²) in [5.41, 5.74) is 0.899. The minimum atomic E-state index is -0.271. The van der Waals surface area contributed by atoms with Gasteiger partial charge in [-0.3, -0.25) is 14.8 Å². The van der Waals surface area contributed by atoms with Gasteiger partial charge in [-0.2, -0.15) is 9.47 Å². The number of hydrogen-bond donors (Lipinski definition) is 1. The van der Waals surface area contributed by atoms with E-state index in [9.17, 15) is 4.79 Å². The van der Waals surface area contributed by atoms with Gasteiger partial charge in [0.2, 0.25) is 5.13 Å². The Hall–Kier alpha value is -1.84. The molecule has 2 rings (SSSR count). The van der Waals surface area contributed by atoms with Crippen LogP contribution in [0.4, 0.5) is 5.13 Å². The van der Waals surface area contributed by atoms with Crippen LogP contribution in [0.25, 0.3) is 0 Å². The highest BCUT2D eigenvalue weighted by Crippen LogP contribution is 2.11. The average Bonchev–Trinajstić information content (AvgIpc) is 3.00. The third kappa shape index (κ3) is 4.08. The first kappa shape index (κ1) is 14.6. The van der Waals surface area contributed by atoms with E-state index < -0.39 is 0 Å². The second-order valence-electron chi connectivity index (χ2n) is 3.94. The zero-order valence-corrected chi connectivity index (χ0v) is 12.0. The maximum absolute atomic E-state index is 11.6. The van der Waals surface area contributed by atoms with Crippen molar-refractivity contribution in [3.05, 3.63) is 23.8 Å². The van der Waals surface area contributed by atoms with Crippen LogP contribution in [0.15, 0.2) is 12.3 Å². The quantitative estimate of drug-likeness (QED) is 0.803. The molecular formula is C11H15N5O3S. The van der Waals surface area contributed by atoms with Crippen molar-refractivity contribution in [2.75, 3.05) is 19.0 Å². The molecule has 2 aromatic rings. The van der Waals surface area contributed by atoms with Crippen LogP contribution >= 0.6 is 11.5 Å². The minimum Gasteiger partial charge on any atom is -0.377 e. The molecule has 0 spiro atoms. The van der Waals surface area contributed by atoms with Gasteiger partial charge in [-0.05, 0) is 6.07 Å². The van der Waals surface area contributed by atoms with Gasteiger partial charge in [-0.15, -0.1) is 0 Å². The molecule has 0 fully saturated rings. The van der Waals surface area contributed by atoms with E-state index in [0.717, 1.165) is 17.2 Å². The number of ether oxygens (including phenoxy) is 2. The summed E-state index contributed by atoms with van der Waals surface area (Å²) in [7, 11) is 3.38. The zero-order chi connectivity index (χ0) is 14.4. The average molecular weight is 297 g/mol. The molecule has 2 heterocycles. The first-order valence-corrected chi connectivity index (χ1v) is 6.62. The van der Waals surface area contributed by atoms with Crippen LogP contribution in [0.3, 0.4) is 0 Å². The minimum absolute atomic E-state index is 0.0512. The van der Waals surface area contributed by atoms with Crippen LogP contribution in [-0.4, -0.2) is 38.8 Å². The monoisotopic (exact) mass is 297 g/mol. The van der Waals surface area contributed by atoms with Gasteiger partial charge in [0.1, 0.15) is 13.2 Å². The Labute approximate surface area is 119 Å². The molecule has 1 N–H and O–H groups in total. The fourth-order valence-corrected chi connectivity index (χ4v) is 2.03. The van der Waals surface area contributed by atoms with E-state index in [-0.39, 0.29) is 12.5 Å². The Morgan fingerprint density at radius 1 is 1.50 bits per heavy atom. The smallest absolute Gasteiger partial charge is 0.252 e. The zero-order valence-electron chi connectivity index (χ0n) is 11.2. The lowest BCUT2D eigenvalue weighted by molar-refractivity contribution is -0.121. The van der Waals surface area contributed by atoms with Crippen LogP contribution in [0.2, 0.25) is 0 Å². The summed E-state index contributed by atoms with van der Waals surface area (Å²) in [5, 5.41) is 7.06. The number of carbonyl (C=O) groups excluding carboxylic acids is 1. The maximum Gasteiger partial charge on any atom is 0.252 e. The molecule has 9 heteroatoms. The highest BCUT2D eigenvalue weighted by molar-refractivity contribution is 7.09. The summed E-state index contributed by atoms with van der Waals surface area (Å²) in [6, 6.07) is 1.83. The van der Waals surface area contributed by atoms with E-state index in [1.807, 2.05) is 13.1 Å². The largest absolute Gasteiger partial charge is 0.377 e.